The SMILES string of the molecule is O=C(Nc1nonc1-c1cccs1)c1ccc(Cl)cc1Cl. The summed E-state index contributed by atoms with van der Waals surface area (Å²) in [6.45, 7) is 0. The van der Waals surface area contributed by atoms with E-state index < -0.39 is 5.91 Å². The third kappa shape index (κ3) is 2.92. The Morgan fingerprint density at radius 2 is 2.10 bits per heavy atom. The molecule has 0 radical (unpaired) electrons. The molecule has 3 aromatic rings. The molecule has 0 fully saturated rings. The minimum atomic E-state index is -0.412. The highest BCUT2D eigenvalue weighted by atomic mass is 35.5. The van der Waals surface area contributed by atoms with Crippen LogP contribution in [0.3, 0.4) is 0 Å². The van der Waals surface area contributed by atoms with Gasteiger partial charge < -0.3 is 5.32 Å². The highest BCUT2D eigenvalue weighted by Gasteiger charge is 2.18. The van der Waals surface area contributed by atoms with Gasteiger partial charge in [-0.05, 0) is 40.0 Å². The van der Waals surface area contributed by atoms with Gasteiger partial charge in [0.05, 0.1) is 15.5 Å². The van der Waals surface area contributed by atoms with Crippen molar-refractivity contribution in [2.24, 2.45) is 0 Å². The highest BCUT2D eigenvalue weighted by molar-refractivity contribution is 7.13. The molecule has 8 heteroatoms. The molecule has 0 aliphatic heterocycles. The number of amides is 1. The van der Waals surface area contributed by atoms with Crippen LogP contribution in [-0.2, 0) is 0 Å². The van der Waals surface area contributed by atoms with Crippen LogP contribution < -0.4 is 5.32 Å². The summed E-state index contributed by atoms with van der Waals surface area (Å²) in [7, 11) is 0. The topological polar surface area (TPSA) is 68.0 Å². The van der Waals surface area contributed by atoms with Gasteiger partial charge in [0.2, 0.25) is 5.82 Å². The van der Waals surface area contributed by atoms with Gasteiger partial charge in [-0.3, -0.25) is 4.79 Å². The summed E-state index contributed by atoms with van der Waals surface area (Å²) >= 11 is 13.3. The summed E-state index contributed by atoms with van der Waals surface area (Å²) in [5, 5.41) is 12.7. The molecule has 0 aliphatic rings. The second kappa shape index (κ2) is 5.85. The molecule has 5 nitrogen and oxygen atoms in total. The van der Waals surface area contributed by atoms with Crippen LogP contribution in [0.5, 0.6) is 0 Å². The molecule has 2 heterocycles. The first kappa shape index (κ1) is 14.1. The maximum absolute atomic E-state index is 12.2. The lowest BCUT2D eigenvalue weighted by molar-refractivity contribution is 0.102. The molecule has 0 saturated heterocycles. The number of nitrogens with one attached hydrogen (secondary N) is 1. The molecule has 0 spiro atoms. The Kier molecular flexibility index (Phi) is 3.92. The lowest BCUT2D eigenvalue weighted by atomic mass is 10.2. The van der Waals surface area contributed by atoms with E-state index in [1.54, 1.807) is 12.1 Å². The molecule has 0 saturated carbocycles. The van der Waals surface area contributed by atoms with E-state index in [1.807, 2.05) is 17.5 Å². The first-order valence-corrected chi connectivity index (χ1v) is 7.41. The third-order valence-corrected chi connectivity index (χ3v) is 4.08. The summed E-state index contributed by atoms with van der Waals surface area (Å²) in [4.78, 5) is 13.1. The van der Waals surface area contributed by atoms with Crippen molar-refractivity contribution in [3.8, 4) is 10.6 Å². The lowest BCUT2D eigenvalue weighted by Crippen LogP contribution is -2.13. The number of hydrogen-bond donors (Lipinski definition) is 1. The van der Waals surface area contributed by atoms with Gasteiger partial charge in [-0.2, -0.15) is 0 Å². The van der Waals surface area contributed by atoms with E-state index in [0.717, 1.165) is 4.88 Å². The molecular formula is C13H7Cl2N3O2S. The lowest BCUT2D eigenvalue weighted by Gasteiger charge is -2.04. The summed E-state index contributed by atoms with van der Waals surface area (Å²) in [5.74, 6) is -0.168. The van der Waals surface area contributed by atoms with E-state index in [2.05, 4.69) is 15.6 Å². The first-order chi connectivity index (χ1) is 10.1. The van der Waals surface area contributed by atoms with Crippen molar-refractivity contribution in [3.63, 3.8) is 0 Å². The predicted molar refractivity (Wildman–Crippen MR) is 82.0 cm³/mol. The van der Waals surface area contributed by atoms with Crippen LogP contribution in [0.25, 0.3) is 10.6 Å². The van der Waals surface area contributed by atoms with Crippen LogP contribution in [0.15, 0.2) is 40.3 Å². The van der Waals surface area contributed by atoms with Gasteiger partial charge >= 0.3 is 0 Å². The molecule has 0 unspecified atom stereocenters. The first-order valence-electron chi connectivity index (χ1n) is 5.78. The number of carbonyl (C=O) groups is 1. The van der Waals surface area contributed by atoms with Crippen LogP contribution >= 0.6 is 34.5 Å². The Balaban J connectivity index is 1.87. The van der Waals surface area contributed by atoms with Crippen LogP contribution in [0.1, 0.15) is 10.4 Å². The summed E-state index contributed by atoms with van der Waals surface area (Å²) in [6.07, 6.45) is 0. The quantitative estimate of drug-likeness (QED) is 0.769. The number of thiophene rings is 1. The number of aromatic nitrogens is 2. The van der Waals surface area contributed by atoms with Gasteiger partial charge in [0.25, 0.3) is 5.91 Å². The van der Waals surface area contributed by atoms with Gasteiger partial charge in [0, 0.05) is 5.02 Å². The van der Waals surface area contributed by atoms with Crippen molar-refractivity contribution in [2.75, 3.05) is 5.32 Å². The zero-order valence-electron chi connectivity index (χ0n) is 10.3. The Morgan fingerprint density at radius 3 is 2.81 bits per heavy atom. The van der Waals surface area contributed by atoms with Crippen molar-refractivity contribution in [2.45, 2.75) is 0 Å². The van der Waals surface area contributed by atoms with Crippen molar-refractivity contribution in [3.05, 3.63) is 51.3 Å². The number of hydrogen-bond acceptors (Lipinski definition) is 5. The van der Waals surface area contributed by atoms with E-state index in [-0.39, 0.29) is 10.8 Å². The minimum Gasteiger partial charge on any atom is -0.302 e. The van der Waals surface area contributed by atoms with E-state index in [0.29, 0.717) is 16.3 Å². The molecule has 106 valence electrons. The fourth-order valence-corrected chi connectivity index (χ4v) is 2.89. The van der Waals surface area contributed by atoms with Crippen molar-refractivity contribution in [1.29, 1.82) is 0 Å². The maximum atomic E-state index is 12.2. The second-order valence-electron chi connectivity index (χ2n) is 4.02. The average Bonchev–Trinajstić information content (AvgIpc) is 3.08. The fraction of sp³-hybridized carbons (Fsp3) is 0. The molecule has 21 heavy (non-hydrogen) atoms. The Bertz CT molecular complexity index is 787. The number of anilines is 1. The normalized spacial score (nSPS) is 10.6. The van der Waals surface area contributed by atoms with Crippen LogP contribution in [0.4, 0.5) is 5.82 Å². The zero-order valence-corrected chi connectivity index (χ0v) is 12.7. The molecule has 0 aliphatic carbocycles. The summed E-state index contributed by atoms with van der Waals surface area (Å²) < 4.78 is 4.69. The molecule has 2 aromatic heterocycles. The molecule has 0 atom stereocenters. The average molecular weight is 340 g/mol. The smallest absolute Gasteiger partial charge is 0.258 e. The fourth-order valence-electron chi connectivity index (χ4n) is 1.69. The number of carbonyl (C=O) groups excluding carboxylic acids is 1. The van der Waals surface area contributed by atoms with Crippen molar-refractivity contribution in [1.82, 2.24) is 10.3 Å². The second-order valence-corrected chi connectivity index (χ2v) is 5.81. The molecule has 1 N–H and O–H groups in total. The number of rotatable bonds is 3. The Morgan fingerprint density at radius 1 is 1.24 bits per heavy atom. The highest BCUT2D eigenvalue weighted by Crippen LogP contribution is 2.29. The van der Waals surface area contributed by atoms with Crippen LogP contribution in [0, 0.1) is 0 Å². The van der Waals surface area contributed by atoms with Gasteiger partial charge in [-0.1, -0.05) is 29.3 Å². The number of benzene rings is 1. The molecular weight excluding hydrogens is 333 g/mol. The van der Waals surface area contributed by atoms with E-state index in [9.17, 15) is 4.79 Å². The molecule has 1 amide bonds. The van der Waals surface area contributed by atoms with E-state index in [1.165, 1.54) is 17.4 Å². The molecule has 3 rings (SSSR count). The van der Waals surface area contributed by atoms with E-state index >= 15 is 0 Å². The molecule has 0 bridgehead atoms. The maximum Gasteiger partial charge on any atom is 0.258 e. The Hall–Kier alpha value is -1.89. The van der Waals surface area contributed by atoms with E-state index in [4.69, 9.17) is 27.8 Å². The zero-order chi connectivity index (χ0) is 14.8. The summed E-state index contributed by atoms with van der Waals surface area (Å²) in [5.41, 5.74) is 0.768. The summed E-state index contributed by atoms with van der Waals surface area (Å²) in [6, 6.07) is 8.35. The third-order valence-electron chi connectivity index (χ3n) is 2.65. The van der Waals surface area contributed by atoms with Gasteiger partial charge in [0.1, 0.15) is 0 Å². The molecule has 1 aromatic carbocycles. The van der Waals surface area contributed by atoms with Crippen molar-refractivity contribution >= 4 is 46.3 Å². The van der Waals surface area contributed by atoms with Crippen LogP contribution in [-0.4, -0.2) is 16.2 Å². The number of nitrogens with zero attached hydrogens (tertiary/aromatic N) is 2. The monoisotopic (exact) mass is 339 g/mol. The predicted octanol–water partition coefficient (Wildman–Crippen LogP) is 4.36. The number of halogens is 2. The van der Waals surface area contributed by atoms with Crippen molar-refractivity contribution < 1.29 is 9.42 Å². The van der Waals surface area contributed by atoms with Gasteiger partial charge in [-0.15, -0.1) is 11.3 Å². The standard InChI is InChI=1S/C13H7Cl2N3O2S/c14-7-3-4-8(9(15)6-7)13(19)16-12-11(17-20-18-12)10-2-1-5-21-10/h1-6H,(H,16,18,19). The van der Waals surface area contributed by atoms with Gasteiger partial charge in [0.15, 0.2) is 5.69 Å². The Labute approximate surface area is 133 Å². The largest absolute Gasteiger partial charge is 0.302 e. The van der Waals surface area contributed by atoms with Gasteiger partial charge in [-0.25, -0.2) is 4.63 Å². The minimum absolute atomic E-state index is 0.244. The van der Waals surface area contributed by atoms with Crippen LogP contribution in [0.2, 0.25) is 10.0 Å².